The van der Waals surface area contributed by atoms with Gasteiger partial charge in [-0.1, -0.05) is 15.9 Å². The van der Waals surface area contributed by atoms with Crippen molar-refractivity contribution in [1.82, 2.24) is 4.98 Å². The SMILES string of the molecule is CC(=O)c1[nH]c2c(Br)ccc(Br)c2c1C. The van der Waals surface area contributed by atoms with Crippen molar-refractivity contribution in [1.29, 1.82) is 0 Å². The molecule has 0 aliphatic rings. The Labute approximate surface area is 104 Å². The van der Waals surface area contributed by atoms with Gasteiger partial charge in [-0.3, -0.25) is 4.79 Å². The summed E-state index contributed by atoms with van der Waals surface area (Å²) >= 11 is 6.96. The van der Waals surface area contributed by atoms with Gasteiger partial charge in [0.2, 0.25) is 0 Å². The third-order valence-corrected chi connectivity index (χ3v) is 3.78. The Bertz CT molecular complexity index is 557. The van der Waals surface area contributed by atoms with Crippen molar-refractivity contribution in [3.05, 3.63) is 32.3 Å². The van der Waals surface area contributed by atoms with Gasteiger partial charge >= 0.3 is 0 Å². The van der Waals surface area contributed by atoms with E-state index in [0.717, 1.165) is 25.4 Å². The highest BCUT2D eigenvalue weighted by Crippen LogP contribution is 2.33. The Balaban J connectivity index is 2.93. The van der Waals surface area contributed by atoms with Crippen LogP contribution in [0.5, 0.6) is 0 Å². The third kappa shape index (κ3) is 1.66. The summed E-state index contributed by atoms with van der Waals surface area (Å²) in [5.74, 6) is 0.0579. The summed E-state index contributed by atoms with van der Waals surface area (Å²) in [6.45, 7) is 3.52. The zero-order valence-corrected chi connectivity index (χ0v) is 11.5. The van der Waals surface area contributed by atoms with Gasteiger partial charge in [0.05, 0.1) is 11.2 Å². The number of fused-ring (bicyclic) bond motifs is 1. The van der Waals surface area contributed by atoms with E-state index in [1.54, 1.807) is 6.92 Å². The van der Waals surface area contributed by atoms with Crippen molar-refractivity contribution in [3.8, 4) is 0 Å². The second-order valence-electron chi connectivity index (χ2n) is 3.46. The minimum atomic E-state index is 0.0579. The molecule has 0 aliphatic carbocycles. The van der Waals surface area contributed by atoms with E-state index in [4.69, 9.17) is 0 Å². The molecule has 1 heterocycles. The Morgan fingerprint density at radius 3 is 2.40 bits per heavy atom. The highest BCUT2D eigenvalue weighted by molar-refractivity contribution is 9.11. The van der Waals surface area contributed by atoms with E-state index in [1.807, 2.05) is 19.1 Å². The molecule has 4 heteroatoms. The molecule has 0 atom stereocenters. The van der Waals surface area contributed by atoms with E-state index in [1.165, 1.54) is 0 Å². The van der Waals surface area contributed by atoms with E-state index in [2.05, 4.69) is 36.8 Å². The highest BCUT2D eigenvalue weighted by Gasteiger charge is 2.14. The Hall–Kier alpha value is -0.610. The summed E-state index contributed by atoms with van der Waals surface area (Å²) in [5, 5.41) is 1.06. The highest BCUT2D eigenvalue weighted by atomic mass is 79.9. The predicted molar refractivity (Wildman–Crippen MR) is 68.4 cm³/mol. The molecule has 0 radical (unpaired) electrons. The van der Waals surface area contributed by atoms with Crippen LogP contribution >= 0.6 is 31.9 Å². The van der Waals surface area contributed by atoms with Crippen molar-refractivity contribution in [2.24, 2.45) is 0 Å². The minimum Gasteiger partial charge on any atom is -0.351 e. The number of carbonyl (C=O) groups is 1. The number of ketones is 1. The molecule has 0 bridgehead atoms. The molecule has 78 valence electrons. The van der Waals surface area contributed by atoms with Gasteiger partial charge < -0.3 is 4.98 Å². The van der Waals surface area contributed by atoms with E-state index < -0.39 is 0 Å². The molecule has 2 aromatic rings. The second-order valence-corrected chi connectivity index (χ2v) is 5.17. The fourth-order valence-electron chi connectivity index (χ4n) is 1.74. The molecule has 1 aromatic carbocycles. The Morgan fingerprint density at radius 1 is 1.27 bits per heavy atom. The summed E-state index contributed by atoms with van der Waals surface area (Å²) in [6.07, 6.45) is 0. The summed E-state index contributed by atoms with van der Waals surface area (Å²) < 4.78 is 1.97. The number of H-pyrrole nitrogens is 1. The lowest BCUT2D eigenvalue weighted by Gasteiger charge is -1.97. The molecule has 0 spiro atoms. The average Bonchev–Trinajstić information content (AvgIpc) is 2.51. The molecule has 0 saturated heterocycles. The molecule has 15 heavy (non-hydrogen) atoms. The quantitative estimate of drug-likeness (QED) is 0.781. The summed E-state index contributed by atoms with van der Waals surface area (Å²) in [6, 6.07) is 3.92. The normalized spacial score (nSPS) is 10.9. The number of carbonyl (C=O) groups excluding carboxylic acids is 1. The van der Waals surface area contributed by atoms with Crippen LogP contribution in [0.25, 0.3) is 10.9 Å². The number of nitrogens with one attached hydrogen (secondary N) is 1. The van der Waals surface area contributed by atoms with Crippen LogP contribution in [0.1, 0.15) is 23.0 Å². The molecular formula is C11H9Br2NO. The molecule has 2 nitrogen and oxygen atoms in total. The maximum absolute atomic E-state index is 11.4. The van der Waals surface area contributed by atoms with Crippen molar-refractivity contribution < 1.29 is 4.79 Å². The van der Waals surface area contributed by atoms with Crippen LogP contribution < -0.4 is 0 Å². The van der Waals surface area contributed by atoms with Crippen molar-refractivity contribution >= 4 is 48.5 Å². The zero-order valence-electron chi connectivity index (χ0n) is 8.32. The number of hydrogen-bond acceptors (Lipinski definition) is 1. The molecule has 1 N–H and O–H groups in total. The monoisotopic (exact) mass is 329 g/mol. The maximum atomic E-state index is 11.4. The van der Waals surface area contributed by atoms with E-state index in [0.29, 0.717) is 5.69 Å². The molecule has 1 aromatic heterocycles. The fraction of sp³-hybridized carbons (Fsp3) is 0.182. The summed E-state index contributed by atoms with van der Waals surface area (Å²) in [4.78, 5) is 14.5. The first-order chi connectivity index (χ1) is 7.02. The van der Waals surface area contributed by atoms with Gasteiger partial charge in [-0.25, -0.2) is 0 Å². The van der Waals surface area contributed by atoms with Gasteiger partial charge in [-0.15, -0.1) is 0 Å². The number of Topliss-reactive ketones (excluding diaryl/α,β-unsaturated/α-hetero) is 1. The number of aromatic nitrogens is 1. The lowest BCUT2D eigenvalue weighted by atomic mass is 10.1. The van der Waals surface area contributed by atoms with Gasteiger partial charge in [0.15, 0.2) is 5.78 Å². The maximum Gasteiger partial charge on any atom is 0.176 e. The molecular weight excluding hydrogens is 322 g/mol. The van der Waals surface area contributed by atoms with Gasteiger partial charge in [0.1, 0.15) is 0 Å². The van der Waals surface area contributed by atoms with Crippen molar-refractivity contribution in [2.45, 2.75) is 13.8 Å². The lowest BCUT2D eigenvalue weighted by molar-refractivity contribution is 0.101. The number of halogens is 2. The van der Waals surface area contributed by atoms with Crippen LogP contribution in [0.15, 0.2) is 21.1 Å². The van der Waals surface area contributed by atoms with Crippen LogP contribution in [-0.4, -0.2) is 10.8 Å². The number of hydrogen-bond donors (Lipinski definition) is 1. The summed E-state index contributed by atoms with van der Waals surface area (Å²) in [5.41, 5.74) is 2.63. The fourth-order valence-corrected chi connectivity index (χ4v) is 2.79. The zero-order chi connectivity index (χ0) is 11.2. The van der Waals surface area contributed by atoms with Gasteiger partial charge in [-0.2, -0.15) is 0 Å². The third-order valence-electron chi connectivity index (χ3n) is 2.46. The number of benzene rings is 1. The van der Waals surface area contributed by atoms with Crippen LogP contribution in [0, 0.1) is 6.92 Å². The molecule has 0 aliphatic heterocycles. The van der Waals surface area contributed by atoms with Gasteiger partial charge in [0.25, 0.3) is 0 Å². The minimum absolute atomic E-state index is 0.0579. The predicted octanol–water partition coefficient (Wildman–Crippen LogP) is 4.20. The topological polar surface area (TPSA) is 32.9 Å². The van der Waals surface area contributed by atoms with Gasteiger partial charge in [0, 0.05) is 21.3 Å². The first kappa shape index (κ1) is 10.9. The average molecular weight is 331 g/mol. The van der Waals surface area contributed by atoms with Crippen LogP contribution in [0.4, 0.5) is 0 Å². The van der Waals surface area contributed by atoms with Crippen molar-refractivity contribution in [2.75, 3.05) is 0 Å². The molecule has 2 rings (SSSR count). The smallest absolute Gasteiger partial charge is 0.176 e. The molecule has 0 fully saturated rings. The van der Waals surface area contributed by atoms with E-state index >= 15 is 0 Å². The first-order valence-corrected chi connectivity index (χ1v) is 6.08. The van der Waals surface area contributed by atoms with Crippen molar-refractivity contribution in [3.63, 3.8) is 0 Å². The number of aromatic amines is 1. The molecule has 0 amide bonds. The first-order valence-electron chi connectivity index (χ1n) is 4.49. The second kappa shape index (κ2) is 3.76. The largest absolute Gasteiger partial charge is 0.351 e. The standard InChI is InChI=1S/C11H9Br2NO/c1-5-9-7(12)3-4-8(13)11(9)14-10(5)6(2)15/h3-4,14H,1-2H3. The van der Waals surface area contributed by atoms with Crippen LogP contribution in [-0.2, 0) is 0 Å². The van der Waals surface area contributed by atoms with E-state index in [9.17, 15) is 4.79 Å². The molecule has 0 unspecified atom stereocenters. The van der Waals surface area contributed by atoms with E-state index in [-0.39, 0.29) is 5.78 Å². The Morgan fingerprint density at radius 2 is 1.87 bits per heavy atom. The summed E-state index contributed by atoms with van der Waals surface area (Å²) in [7, 11) is 0. The lowest BCUT2D eigenvalue weighted by Crippen LogP contribution is -1.93. The number of rotatable bonds is 1. The van der Waals surface area contributed by atoms with Gasteiger partial charge in [-0.05, 0) is 40.5 Å². The number of aryl methyl sites for hydroxylation is 1. The van der Waals surface area contributed by atoms with Crippen LogP contribution in [0.3, 0.4) is 0 Å². The van der Waals surface area contributed by atoms with Crippen LogP contribution in [0.2, 0.25) is 0 Å². The Kier molecular flexibility index (Phi) is 2.73. The molecule has 0 saturated carbocycles.